The third-order valence-electron chi connectivity index (χ3n) is 3.82. The molecule has 1 aromatic carbocycles. The lowest BCUT2D eigenvalue weighted by Gasteiger charge is -2.07. The lowest BCUT2D eigenvalue weighted by molar-refractivity contribution is 0.0990. The molecule has 0 atom stereocenters. The van der Waals surface area contributed by atoms with Crippen molar-refractivity contribution in [1.29, 1.82) is 0 Å². The van der Waals surface area contributed by atoms with E-state index in [1.807, 2.05) is 35.0 Å². The average Bonchev–Trinajstić information content (AvgIpc) is 2.89. The SMILES string of the molecule is CCc1cc(CC(=O)c2ccc(C(C)C)cc2)n(CC)n1. The van der Waals surface area contributed by atoms with Gasteiger partial charge in [-0.1, -0.05) is 45.0 Å². The number of hydrogen-bond acceptors (Lipinski definition) is 2. The van der Waals surface area contributed by atoms with Gasteiger partial charge < -0.3 is 0 Å². The van der Waals surface area contributed by atoms with E-state index >= 15 is 0 Å². The summed E-state index contributed by atoms with van der Waals surface area (Å²) in [5.74, 6) is 0.644. The molecule has 0 saturated heterocycles. The first kappa shape index (κ1) is 15.5. The molecule has 21 heavy (non-hydrogen) atoms. The van der Waals surface area contributed by atoms with E-state index in [9.17, 15) is 4.79 Å². The van der Waals surface area contributed by atoms with Crippen LogP contribution in [0, 0.1) is 0 Å². The van der Waals surface area contributed by atoms with E-state index in [1.165, 1.54) is 5.56 Å². The first-order chi connectivity index (χ1) is 10.0. The monoisotopic (exact) mass is 284 g/mol. The zero-order valence-corrected chi connectivity index (χ0v) is 13.4. The van der Waals surface area contributed by atoms with Gasteiger partial charge in [0.1, 0.15) is 0 Å². The zero-order chi connectivity index (χ0) is 15.4. The third-order valence-corrected chi connectivity index (χ3v) is 3.82. The molecule has 0 aliphatic carbocycles. The number of ketones is 1. The molecule has 0 bridgehead atoms. The quantitative estimate of drug-likeness (QED) is 0.751. The minimum atomic E-state index is 0.155. The van der Waals surface area contributed by atoms with Crippen LogP contribution in [0.5, 0.6) is 0 Å². The van der Waals surface area contributed by atoms with Gasteiger partial charge in [0.25, 0.3) is 0 Å². The van der Waals surface area contributed by atoms with Crippen molar-refractivity contribution in [3.05, 3.63) is 52.8 Å². The third kappa shape index (κ3) is 3.60. The fourth-order valence-corrected chi connectivity index (χ4v) is 2.42. The maximum absolute atomic E-state index is 12.4. The molecule has 0 N–H and O–H groups in total. The zero-order valence-electron chi connectivity index (χ0n) is 13.4. The Bertz CT molecular complexity index is 609. The van der Waals surface area contributed by atoms with Gasteiger partial charge in [0.2, 0.25) is 0 Å². The molecule has 112 valence electrons. The van der Waals surface area contributed by atoms with Crippen LogP contribution < -0.4 is 0 Å². The van der Waals surface area contributed by atoms with Crippen molar-refractivity contribution >= 4 is 5.78 Å². The number of hydrogen-bond donors (Lipinski definition) is 0. The summed E-state index contributed by atoms with van der Waals surface area (Å²) in [7, 11) is 0. The number of rotatable bonds is 6. The minimum absolute atomic E-state index is 0.155. The Kier molecular flexibility index (Phi) is 4.94. The molecule has 2 aromatic rings. The highest BCUT2D eigenvalue weighted by Crippen LogP contribution is 2.16. The summed E-state index contributed by atoms with van der Waals surface area (Å²) in [4.78, 5) is 12.4. The van der Waals surface area contributed by atoms with Crippen molar-refractivity contribution in [3.63, 3.8) is 0 Å². The molecule has 0 unspecified atom stereocenters. The van der Waals surface area contributed by atoms with Crippen LogP contribution in [0.4, 0.5) is 0 Å². The van der Waals surface area contributed by atoms with E-state index in [-0.39, 0.29) is 5.78 Å². The fourth-order valence-electron chi connectivity index (χ4n) is 2.42. The summed E-state index contributed by atoms with van der Waals surface area (Å²) in [6.45, 7) is 9.25. The van der Waals surface area contributed by atoms with Crippen molar-refractivity contribution < 1.29 is 4.79 Å². The maximum Gasteiger partial charge on any atom is 0.168 e. The van der Waals surface area contributed by atoms with Crippen LogP contribution in [0.15, 0.2) is 30.3 Å². The largest absolute Gasteiger partial charge is 0.294 e. The van der Waals surface area contributed by atoms with Crippen molar-refractivity contribution in [2.45, 2.75) is 53.0 Å². The smallest absolute Gasteiger partial charge is 0.168 e. The molecule has 1 aromatic heterocycles. The van der Waals surface area contributed by atoms with E-state index in [0.717, 1.165) is 29.9 Å². The van der Waals surface area contributed by atoms with Gasteiger partial charge >= 0.3 is 0 Å². The van der Waals surface area contributed by atoms with Gasteiger partial charge in [-0.3, -0.25) is 9.48 Å². The number of Topliss-reactive ketones (excluding diaryl/α,β-unsaturated/α-hetero) is 1. The second-order valence-corrected chi connectivity index (χ2v) is 5.67. The lowest BCUT2D eigenvalue weighted by atomic mass is 9.99. The molecular formula is C18H24N2O. The summed E-state index contributed by atoms with van der Waals surface area (Å²) in [6, 6.07) is 10.0. The molecule has 0 fully saturated rings. The molecule has 1 heterocycles. The highest BCUT2D eigenvalue weighted by molar-refractivity contribution is 5.97. The van der Waals surface area contributed by atoms with Crippen LogP contribution in [0.1, 0.15) is 60.9 Å². The molecule has 0 aliphatic rings. The lowest BCUT2D eigenvalue weighted by Crippen LogP contribution is -2.09. The van der Waals surface area contributed by atoms with Crippen molar-refractivity contribution in [1.82, 2.24) is 9.78 Å². The normalized spacial score (nSPS) is 11.1. The van der Waals surface area contributed by atoms with E-state index in [4.69, 9.17) is 0 Å². The number of aryl methyl sites for hydroxylation is 2. The van der Waals surface area contributed by atoms with Crippen molar-refractivity contribution in [2.75, 3.05) is 0 Å². The molecule has 0 amide bonds. The van der Waals surface area contributed by atoms with Crippen LogP contribution >= 0.6 is 0 Å². The second kappa shape index (κ2) is 6.70. The fraction of sp³-hybridized carbons (Fsp3) is 0.444. The van der Waals surface area contributed by atoms with Gasteiger partial charge in [0, 0.05) is 17.8 Å². The molecule has 0 radical (unpaired) electrons. The minimum Gasteiger partial charge on any atom is -0.294 e. The van der Waals surface area contributed by atoms with E-state index < -0.39 is 0 Å². The van der Waals surface area contributed by atoms with E-state index in [1.54, 1.807) is 0 Å². The topological polar surface area (TPSA) is 34.9 Å². The Morgan fingerprint density at radius 3 is 2.38 bits per heavy atom. The number of aromatic nitrogens is 2. The van der Waals surface area contributed by atoms with Crippen LogP contribution in [-0.4, -0.2) is 15.6 Å². The molecule has 3 heteroatoms. The Balaban J connectivity index is 2.15. The Morgan fingerprint density at radius 2 is 1.86 bits per heavy atom. The van der Waals surface area contributed by atoms with Gasteiger partial charge in [-0.2, -0.15) is 5.10 Å². The van der Waals surface area contributed by atoms with Gasteiger partial charge in [-0.25, -0.2) is 0 Å². The molecule has 3 nitrogen and oxygen atoms in total. The number of nitrogens with zero attached hydrogens (tertiary/aromatic N) is 2. The molecule has 0 spiro atoms. The number of benzene rings is 1. The first-order valence-corrected chi connectivity index (χ1v) is 7.73. The summed E-state index contributed by atoms with van der Waals surface area (Å²) in [5.41, 5.74) is 4.10. The van der Waals surface area contributed by atoms with E-state index in [2.05, 4.69) is 32.8 Å². The van der Waals surface area contributed by atoms with Crippen LogP contribution in [0.25, 0.3) is 0 Å². The van der Waals surface area contributed by atoms with Gasteiger partial charge in [-0.15, -0.1) is 0 Å². The standard InChI is InChI=1S/C18H24N2O/c1-5-16-11-17(20(6-2)19-16)12-18(21)15-9-7-14(8-10-15)13(3)4/h7-11,13H,5-6,12H2,1-4H3. The number of carbonyl (C=O) groups excluding carboxylic acids is 1. The second-order valence-electron chi connectivity index (χ2n) is 5.67. The Labute approximate surface area is 127 Å². The highest BCUT2D eigenvalue weighted by atomic mass is 16.1. The van der Waals surface area contributed by atoms with Gasteiger partial charge in [0.15, 0.2) is 5.78 Å². The summed E-state index contributed by atoms with van der Waals surface area (Å²) in [6.07, 6.45) is 1.32. The highest BCUT2D eigenvalue weighted by Gasteiger charge is 2.12. The Hall–Kier alpha value is -1.90. The average molecular weight is 284 g/mol. The van der Waals surface area contributed by atoms with Crippen LogP contribution in [-0.2, 0) is 19.4 Å². The van der Waals surface area contributed by atoms with Crippen molar-refractivity contribution in [3.8, 4) is 0 Å². The van der Waals surface area contributed by atoms with E-state index in [0.29, 0.717) is 12.3 Å². The van der Waals surface area contributed by atoms with Gasteiger partial charge in [-0.05, 0) is 30.9 Å². The molecule has 0 aliphatic heterocycles. The van der Waals surface area contributed by atoms with Gasteiger partial charge in [0.05, 0.1) is 12.1 Å². The van der Waals surface area contributed by atoms with Crippen molar-refractivity contribution in [2.24, 2.45) is 0 Å². The Morgan fingerprint density at radius 1 is 1.19 bits per heavy atom. The van der Waals surface area contributed by atoms with Crippen LogP contribution in [0.3, 0.4) is 0 Å². The molecule has 0 saturated carbocycles. The predicted octanol–water partition coefficient (Wildman–Crippen LogP) is 4.01. The first-order valence-electron chi connectivity index (χ1n) is 7.73. The molecule has 2 rings (SSSR count). The summed E-state index contributed by atoms with van der Waals surface area (Å²) >= 11 is 0. The maximum atomic E-state index is 12.4. The summed E-state index contributed by atoms with van der Waals surface area (Å²) < 4.78 is 1.93. The molecular weight excluding hydrogens is 260 g/mol. The predicted molar refractivity (Wildman–Crippen MR) is 85.8 cm³/mol. The summed E-state index contributed by atoms with van der Waals surface area (Å²) in [5, 5.41) is 4.50. The van der Waals surface area contributed by atoms with Crippen LogP contribution in [0.2, 0.25) is 0 Å². The number of carbonyl (C=O) groups is 1.